The van der Waals surface area contributed by atoms with E-state index in [9.17, 15) is 20.1 Å². The number of hydrogen-bond acceptors (Lipinski definition) is 7. The van der Waals surface area contributed by atoms with Gasteiger partial charge in [-0.25, -0.2) is 0 Å². The summed E-state index contributed by atoms with van der Waals surface area (Å²) in [6.45, 7) is 26.2. The fourth-order valence-electron chi connectivity index (χ4n) is 7.26. The van der Waals surface area contributed by atoms with Crippen molar-refractivity contribution in [3.05, 3.63) is 129 Å². The van der Waals surface area contributed by atoms with E-state index in [4.69, 9.17) is 9.98 Å². The van der Waals surface area contributed by atoms with Gasteiger partial charge in [-0.2, -0.15) is 0 Å². The molecule has 4 aromatic carbocycles. The van der Waals surface area contributed by atoms with Crippen LogP contribution in [0.1, 0.15) is 166 Å². The number of aliphatic carboxylic acids is 1. The first-order valence-corrected chi connectivity index (χ1v) is 21.3. The average Bonchev–Trinajstić information content (AvgIpc) is 3.15. The summed E-state index contributed by atoms with van der Waals surface area (Å²) in [5.41, 5.74) is 6.71. The summed E-state index contributed by atoms with van der Waals surface area (Å²) in [4.78, 5) is 20.8. The number of hydrogen-bond donors (Lipinski definition) is 1. The van der Waals surface area contributed by atoms with Crippen LogP contribution in [0.2, 0.25) is 0 Å². The van der Waals surface area contributed by atoms with Crippen molar-refractivity contribution in [2.45, 2.75) is 162 Å². The van der Waals surface area contributed by atoms with Crippen molar-refractivity contribution in [3.8, 4) is 11.5 Å². The van der Waals surface area contributed by atoms with Gasteiger partial charge < -0.3 is 25.4 Å². The predicted molar refractivity (Wildman–Crippen MR) is 240 cm³/mol. The molecule has 1 saturated carbocycles. The topological polar surface area (TPSA) is 123 Å². The van der Waals surface area contributed by atoms with E-state index in [1.807, 2.05) is 72.8 Å². The molecule has 324 valence electrons. The Bertz CT molecular complexity index is 1950. The zero-order valence-electron chi connectivity index (χ0n) is 38.1. The van der Waals surface area contributed by atoms with Crippen LogP contribution in [0.4, 0.5) is 0 Å². The molecule has 60 heavy (non-hydrogen) atoms. The van der Waals surface area contributed by atoms with Gasteiger partial charge in [-0.1, -0.05) is 192 Å². The van der Waals surface area contributed by atoms with E-state index in [0.29, 0.717) is 17.7 Å². The Morgan fingerprint density at radius 3 is 1.42 bits per heavy atom. The van der Waals surface area contributed by atoms with E-state index >= 15 is 0 Å². The molecule has 1 fully saturated rings. The molecule has 0 spiro atoms. The van der Waals surface area contributed by atoms with Crippen LogP contribution in [0, 0.1) is 0 Å². The summed E-state index contributed by atoms with van der Waals surface area (Å²) < 4.78 is 0. The largest absolute Gasteiger partial charge is 3.00 e. The van der Waals surface area contributed by atoms with Crippen LogP contribution < -0.4 is 20.6 Å². The Balaban J connectivity index is 0.000000401. The van der Waals surface area contributed by atoms with E-state index in [1.165, 1.54) is 0 Å². The van der Waals surface area contributed by atoms with Gasteiger partial charge in [-0.15, -0.1) is 0 Å². The molecule has 0 bridgehead atoms. The van der Waals surface area contributed by atoms with Gasteiger partial charge in [0.25, 0.3) is 0 Å². The van der Waals surface area contributed by atoms with Crippen LogP contribution in [0.3, 0.4) is 0 Å². The SMILES string of the molecule is CC(C)(C)c1cc(C=N[C@H]2CCCC[C@@H]2N=Cc2cc(C(C)(C)C)cc(C(C)(C)C)c2[O-])c([O-])c(C(C)(C)C)c1.O=C([O-])C[C@H](NCc1ccccc1)c1ccccc1.[Co+3]. The van der Waals surface area contributed by atoms with Gasteiger partial charge in [0.1, 0.15) is 0 Å². The van der Waals surface area contributed by atoms with Gasteiger partial charge in [0.05, 0.1) is 12.1 Å². The normalized spacial score (nSPS) is 16.9. The molecule has 0 amide bonds. The van der Waals surface area contributed by atoms with Crippen molar-refractivity contribution in [2.24, 2.45) is 9.98 Å². The monoisotopic (exact) mass is 857 g/mol. The molecule has 3 atom stereocenters. The zero-order valence-corrected chi connectivity index (χ0v) is 39.1. The van der Waals surface area contributed by atoms with Gasteiger partial charge in [0, 0.05) is 37.4 Å². The Hall–Kier alpha value is -4.24. The number of aliphatic imine (C=N–C) groups is 2. The number of carboxylic acids is 1. The van der Waals surface area contributed by atoms with Gasteiger partial charge >= 0.3 is 16.8 Å². The number of carbonyl (C=O) groups excluding carboxylic acids is 1. The van der Waals surface area contributed by atoms with Crippen molar-refractivity contribution in [1.82, 2.24) is 5.32 Å². The van der Waals surface area contributed by atoms with Crippen LogP contribution in [0.15, 0.2) is 94.9 Å². The van der Waals surface area contributed by atoms with Crippen molar-refractivity contribution in [1.29, 1.82) is 0 Å². The van der Waals surface area contributed by atoms with Crippen LogP contribution in [0.25, 0.3) is 0 Å². The Kier molecular flexibility index (Phi) is 17.6. The van der Waals surface area contributed by atoms with Crippen LogP contribution in [-0.4, -0.2) is 30.5 Å². The second kappa shape index (κ2) is 21.0. The molecular formula is C52H68CoN3O4. The van der Waals surface area contributed by atoms with E-state index in [2.05, 4.69) is 101 Å². The number of rotatable bonds is 10. The van der Waals surface area contributed by atoms with Crippen molar-refractivity contribution in [3.63, 3.8) is 0 Å². The molecule has 4 aromatic rings. The second-order valence-corrected chi connectivity index (χ2v) is 20.3. The number of carbonyl (C=O) groups is 1. The minimum Gasteiger partial charge on any atom is -0.872 e. The number of nitrogens with one attached hydrogen (secondary N) is 1. The first-order chi connectivity index (χ1) is 27.4. The average molecular weight is 858 g/mol. The molecule has 0 unspecified atom stereocenters. The van der Waals surface area contributed by atoms with Gasteiger partial charge in [0.15, 0.2) is 0 Å². The van der Waals surface area contributed by atoms with Crippen molar-refractivity contribution in [2.75, 3.05) is 0 Å². The summed E-state index contributed by atoms with van der Waals surface area (Å²) >= 11 is 0. The number of carboxylic acid groups (broad SMARTS) is 1. The third-order valence-electron chi connectivity index (χ3n) is 11.1. The Morgan fingerprint density at radius 1 is 0.650 bits per heavy atom. The van der Waals surface area contributed by atoms with Crippen molar-refractivity contribution >= 4 is 18.4 Å². The van der Waals surface area contributed by atoms with Crippen LogP contribution in [-0.2, 0) is 49.8 Å². The second-order valence-electron chi connectivity index (χ2n) is 20.3. The maximum absolute atomic E-state index is 13.5. The summed E-state index contributed by atoms with van der Waals surface area (Å²) in [5.74, 6) is -0.927. The molecule has 0 radical (unpaired) electrons. The molecule has 8 heteroatoms. The van der Waals surface area contributed by atoms with Gasteiger partial charge in [-0.05, 0) is 79.0 Å². The third kappa shape index (κ3) is 14.4. The number of nitrogens with zero attached hydrogens (tertiary/aromatic N) is 2. The van der Waals surface area contributed by atoms with Gasteiger partial charge in [-0.3, -0.25) is 9.98 Å². The molecule has 1 aliphatic carbocycles. The smallest absolute Gasteiger partial charge is 0.872 e. The quantitative estimate of drug-likeness (QED) is 0.159. The van der Waals surface area contributed by atoms with Crippen molar-refractivity contribution < 1.29 is 36.9 Å². The summed E-state index contributed by atoms with van der Waals surface area (Å²) in [6, 6.07) is 27.4. The Labute approximate surface area is 371 Å². The molecule has 5 rings (SSSR count). The molecule has 7 nitrogen and oxygen atoms in total. The molecular weight excluding hydrogens is 790 g/mol. The minimum absolute atomic E-state index is 0. The van der Waals surface area contributed by atoms with E-state index < -0.39 is 5.97 Å². The standard InChI is InChI=1S/C36H54N2O2.C16H17NO2.Co/c1-33(2,3)25-17-23(31(39)27(19-25)35(7,8)9)21-37-29-15-13-14-16-30(29)38-22-24-18-26(34(4,5)6)20-28(32(24)40)36(10,11)12;18-16(19)11-15(14-9-5-2-6-10-14)17-12-13-7-3-1-4-8-13;/h17-22,29-30,39-40H,13-16H2,1-12H3;1-10,15,17H,11-12H2,(H,18,19);/q;;+3/p-3/t29-,30-;15-;/m00./s1. The summed E-state index contributed by atoms with van der Waals surface area (Å²) in [5, 5.41) is 41.0. The fourth-order valence-corrected chi connectivity index (χ4v) is 7.26. The summed E-state index contributed by atoms with van der Waals surface area (Å²) in [6.07, 6.45) is 7.60. The van der Waals surface area contributed by atoms with Crippen LogP contribution in [0.5, 0.6) is 11.5 Å². The maximum atomic E-state index is 13.5. The summed E-state index contributed by atoms with van der Waals surface area (Å²) in [7, 11) is 0. The zero-order chi connectivity index (χ0) is 43.8. The maximum Gasteiger partial charge on any atom is 3.00 e. The molecule has 0 aromatic heterocycles. The first-order valence-electron chi connectivity index (χ1n) is 21.3. The van der Waals surface area contributed by atoms with E-state index in [-0.39, 0.29) is 74.5 Å². The number of benzene rings is 4. The molecule has 0 saturated heterocycles. The Morgan fingerprint density at radius 2 is 1.05 bits per heavy atom. The van der Waals surface area contributed by atoms with E-state index in [1.54, 1.807) is 12.4 Å². The van der Waals surface area contributed by atoms with Crippen LogP contribution >= 0.6 is 0 Å². The third-order valence-corrected chi connectivity index (χ3v) is 11.1. The van der Waals surface area contributed by atoms with E-state index in [0.717, 1.165) is 59.1 Å². The molecule has 0 heterocycles. The molecule has 1 N–H and O–H groups in total. The molecule has 1 aliphatic rings. The first kappa shape index (κ1) is 50.1. The minimum atomic E-state index is -1.05. The van der Waals surface area contributed by atoms with Gasteiger partial charge in [0.2, 0.25) is 0 Å². The fraction of sp³-hybridized carbons (Fsp3) is 0.481. The predicted octanol–water partition coefficient (Wildman–Crippen LogP) is 9.53. The molecule has 0 aliphatic heterocycles.